The van der Waals surface area contributed by atoms with Crippen molar-refractivity contribution < 1.29 is 4.79 Å². The molecule has 7 nitrogen and oxygen atoms in total. The zero-order valence-corrected chi connectivity index (χ0v) is 20.3. The molecule has 3 aromatic heterocycles. The monoisotopic (exact) mass is 474 g/mol. The molecule has 1 aliphatic heterocycles. The van der Waals surface area contributed by atoms with E-state index in [1.54, 1.807) is 17.5 Å². The van der Waals surface area contributed by atoms with E-state index in [1.807, 2.05) is 35.2 Å². The van der Waals surface area contributed by atoms with Gasteiger partial charge in [0.25, 0.3) is 5.91 Å². The van der Waals surface area contributed by atoms with Gasteiger partial charge in [0.15, 0.2) is 5.65 Å². The van der Waals surface area contributed by atoms with Gasteiger partial charge in [0, 0.05) is 45.0 Å². The van der Waals surface area contributed by atoms with E-state index in [0.29, 0.717) is 18.7 Å². The number of piperazine rings is 1. The molecule has 1 saturated heterocycles. The van der Waals surface area contributed by atoms with E-state index >= 15 is 0 Å². The van der Waals surface area contributed by atoms with Gasteiger partial charge in [-0.1, -0.05) is 24.3 Å². The molecule has 176 valence electrons. The summed E-state index contributed by atoms with van der Waals surface area (Å²) in [5, 5.41) is 10.4. The summed E-state index contributed by atoms with van der Waals surface area (Å²) < 4.78 is 1.85. The smallest absolute Gasteiger partial charge is 0.252 e. The Bertz CT molecular complexity index is 1230. The minimum absolute atomic E-state index is 0.0604. The molecular formula is C26H30N6OS. The molecule has 0 bridgehead atoms. The Morgan fingerprint density at radius 3 is 2.65 bits per heavy atom. The Hall–Kier alpha value is -3.23. The number of benzene rings is 1. The van der Waals surface area contributed by atoms with Crippen LogP contribution in [0.4, 0.5) is 5.69 Å². The van der Waals surface area contributed by atoms with Crippen molar-refractivity contribution in [3.05, 3.63) is 65.7 Å². The number of carbonyl (C=O) groups excluding carboxylic acids is 1. The van der Waals surface area contributed by atoms with Crippen molar-refractivity contribution in [2.45, 2.75) is 19.9 Å². The summed E-state index contributed by atoms with van der Waals surface area (Å²) in [5.41, 5.74) is 3.52. The molecule has 1 amide bonds. The fourth-order valence-electron chi connectivity index (χ4n) is 4.49. The first-order valence-electron chi connectivity index (χ1n) is 11.9. The number of aryl methyl sites for hydroxylation is 1. The van der Waals surface area contributed by atoms with Gasteiger partial charge in [0.05, 0.1) is 27.7 Å². The van der Waals surface area contributed by atoms with Crippen LogP contribution in [-0.2, 0) is 6.54 Å². The van der Waals surface area contributed by atoms with E-state index in [1.165, 1.54) is 5.69 Å². The van der Waals surface area contributed by atoms with Crippen LogP contribution in [0.5, 0.6) is 0 Å². The van der Waals surface area contributed by atoms with Crippen molar-refractivity contribution in [2.24, 2.45) is 0 Å². The second-order valence-corrected chi connectivity index (χ2v) is 9.45. The number of hydrogen-bond acceptors (Lipinski definition) is 6. The van der Waals surface area contributed by atoms with Crippen LogP contribution in [0.15, 0.2) is 60.1 Å². The summed E-state index contributed by atoms with van der Waals surface area (Å²) in [6.07, 6.45) is 2.68. The number of carbonyl (C=O) groups is 1. The summed E-state index contributed by atoms with van der Waals surface area (Å²) in [7, 11) is 0. The van der Waals surface area contributed by atoms with Gasteiger partial charge in [0.2, 0.25) is 0 Å². The lowest BCUT2D eigenvalue weighted by atomic mass is 10.1. The highest BCUT2D eigenvalue weighted by Gasteiger charge is 2.19. The highest BCUT2D eigenvalue weighted by molar-refractivity contribution is 7.13. The van der Waals surface area contributed by atoms with Crippen molar-refractivity contribution in [1.82, 2.24) is 25.0 Å². The highest BCUT2D eigenvalue weighted by Crippen LogP contribution is 2.28. The minimum Gasteiger partial charge on any atom is -0.369 e. The maximum absolute atomic E-state index is 13.1. The zero-order valence-electron chi connectivity index (χ0n) is 19.5. The lowest BCUT2D eigenvalue weighted by Crippen LogP contribution is -2.47. The quantitative estimate of drug-likeness (QED) is 0.389. The van der Waals surface area contributed by atoms with Crippen LogP contribution in [0.25, 0.3) is 21.6 Å². The Kier molecular flexibility index (Phi) is 6.87. The number of para-hydroxylation sites is 1. The molecule has 5 rings (SSSR count). The highest BCUT2D eigenvalue weighted by atomic mass is 32.1. The normalized spacial score (nSPS) is 14.6. The molecular weight excluding hydrogens is 444 g/mol. The number of fused-ring (bicyclic) bond motifs is 1. The van der Waals surface area contributed by atoms with Gasteiger partial charge < -0.3 is 10.2 Å². The third-order valence-electron chi connectivity index (χ3n) is 6.36. The number of aromatic nitrogens is 3. The van der Waals surface area contributed by atoms with Crippen LogP contribution >= 0.6 is 11.3 Å². The number of rotatable bonds is 8. The molecule has 1 N–H and O–H groups in total. The molecule has 8 heteroatoms. The van der Waals surface area contributed by atoms with Gasteiger partial charge >= 0.3 is 0 Å². The number of nitrogens with one attached hydrogen (secondary N) is 1. The van der Waals surface area contributed by atoms with Crippen LogP contribution < -0.4 is 10.2 Å². The van der Waals surface area contributed by atoms with E-state index < -0.39 is 0 Å². The fourth-order valence-corrected chi connectivity index (χ4v) is 5.17. The molecule has 4 heterocycles. The summed E-state index contributed by atoms with van der Waals surface area (Å²) in [6, 6.07) is 16.5. The molecule has 0 spiro atoms. The van der Waals surface area contributed by atoms with Crippen molar-refractivity contribution in [2.75, 3.05) is 44.2 Å². The molecule has 4 aromatic rings. The summed E-state index contributed by atoms with van der Waals surface area (Å²) in [6.45, 7) is 8.56. The largest absolute Gasteiger partial charge is 0.369 e. The molecule has 0 atom stereocenters. The third kappa shape index (κ3) is 4.83. The maximum atomic E-state index is 13.1. The summed E-state index contributed by atoms with van der Waals surface area (Å²) >= 11 is 1.62. The predicted molar refractivity (Wildman–Crippen MR) is 139 cm³/mol. The van der Waals surface area contributed by atoms with Gasteiger partial charge in [-0.2, -0.15) is 5.10 Å². The second kappa shape index (κ2) is 10.4. The molecule has 0 unspecified atom stereocenters. The van der Waals surface area contributed by atoms with Gasteiger partial charge in [-0.15, -0.1) is 11.3 Å². The number of hydrogen-bond donors (Lipinski definition) is 1. The van der Waals surface area contributed by atoms with Crippen molar-refractivity contribution in [1.29, 1.82) is 0 Å². The van der Waals surface area contributed by atoms with E-state index in [4.69, 9.17) is 4.98 Å². The third-order valence-corrected chi connectivity index (χ3v) is 7.25. The van der Waals surface area contributed by atoms with Crippen molar-refractivity contribution in [3.8, 4) is 10.6 Å². The first-order chi connectivity index (χ1) is 16.7. The number of amides is 1. The standard InChI is InChI=1S/C26H30N6OS/c1-2-32-25-22(19-28-32)21(18-23(29-25)24-10-6-17-34-24)26(33)27-11-7-12-30-13-15-31(16-14-30)20-8-4-3-5-9-20/h3-6,8-10,17-19H,2,7,11-16H2,1H3,(H,27,33). The van der Waals surface area contributed by atoms with Crippen LogP contribution in [0.3, 0.4) is 0 Å². The average molecular weight is 475 g/mol. The van der Waals surface area contributed by atoms with E-state index in [2.05, 4.69) is 50.5 Å². The summed E-state index contributed by atoms with van der Waals surface area (Å²) in [5.74, 6) is -0.0604. The lowest BCUT2D eigenvalue weighted by Gasteiger charge is -2.36. The zero-order chi connectivity index (χ0) is 23.3. The molecule has 34 heavy (non-hydrogen) atoms. The van der Waals surface area contributed by atoms with Crippen LogP contribution in [0.1, 0.15) is 23.7 Å². The molecule has 0 aliphatic carbocycles. The Morgan fingerprint density at radius 1 is 1.09 bits per heavy atom. The first-order valence-corrected chi connectivity index (χ1v) is 12.8. The topological polar surface area (TPSA) is 66.3 Å². The predicted octanol–water partition coefficient (Wildman–Crippen LogP) is 4.12. The average Bonchev–Trinajstić information content (AvgIpc) is 3.57. The second-order valence-electron chi connectivity index (χ2n) is 8.50. The number of anilines is 1. The Labute approximate surface area is 204 Å². The SMILES string of the molecule is CCn1ncc2c(C(=O)NCCCN3CCN(c4ccccc4)CC3)cc(-c3cccs3)nc21. The van der Waals surface area contributed by atoms with Crippen LogP contribution in [0.2, 0.25) is 0 Å². The van der Waals surface area contributed by atoms with Crippen LogP contribution in [-0.4, -0.2) is 64.8 Å². The lowest BCUT2D eigenvalue weighted by molar-refractivity contribution is 0.0953. The van der Waals surface area contributed by atoms with E-state index in [-0.39, 0.29) is 5.91 Å². The molecule has 1 aliphatic rings. The Balaban J connectivity index is 1.18. The number of thiophene rings is 1. The molecule has 1 fully saturated rings. The van der Waals surface area contributed by atoms with Gasteiger partial charge in [-0.25, -0.2) is 9.67 Å². The van der Waals surface area contributed by atoms with Crippen molar-refractivity contribution >= 4 is 34.0 Å². The number of nitrogens with zero attached hydrogens (tertiary/aromatic N) is 5. The van der Waals surface area contributed by atoms with Crippen molar-refractivity contribution in [3.63, 3.8) is 0 Å². The maximum Gasteiger partial charge on any atom is 0.252 e. The summed E-state index contributed by atoms with van der Waals surface area (Å²) in [4.78, 5) is 23.9. The molecule has 1 aromatic carbocycles. The fraction of sp³-hybridized carbons (Fsp3) is 0.346. The van der Waals surface area contributed by atoms with E-state index in [0.717, 1.165) is 60.7 Å². The first kappa shape index (κ1) is 22.6. The minimum atomic E-state index is -0.0604. The van der Waals surface area contributed by atoms with E-state index in [9.17, 15) is 4.79 Å². The van der Waals surface area contributed by atoms with Crippen LogP contribution in [0, 0.1) is 0 Å². The number of pyridine rings is 1. The van der Waals surface area contributed by atoms with Gasteiger partial charge in [-0.3, -0.25) is 9.69 Å². The van der Waals surface area contributed by atoms with Gasteiger partial charge in [-0.05, 0) is 49.5 Å². The van der Waals surface area contributed by atoms with Gasteiger partial charge in [0.1, 0.15) is 0 Å². The Morgan fingerprint density at radius 2 is 1.91 bits per heavy atom. The molecule has 0 saturated carbocycles. The molecule has 0 radical (unpaired) electrons.